The minimum Gasteiger partial charge on any atom is -0.435 e. The second-order valence-electron chi connectivity index (χ2n) is 3.46. The fourth-order valence-corrected chi connectivity index (χ4v) is 1.35. The molecule has 0 heterocycles. The summed E-state index contributed by atoms with van der Waals surface area (Å²) in [5.41, 5.74) is 0.791. The van der Waals surface area contributed by atoms with Crippen molar-refractivity contribution in [2.24, 2.45) is 0 Å². The Morgan fingerprint density at radius 3 is 2.65 bits per heavy atom. The van der Waals surface area contributed by atoms with E-state index < -0.39 is 6.61 Å². The van der Waals surface area contributed by atoms with Crippen molar-refractivity contribution in [2.45, 2.75) is 19.6 Å². The smallest absolute Gasteiger partial charge is 0.387 e. The molecule has 96 valence electrons. The molecule has 3 nitrogen and oxygen atoms in total. The van der Waals surface area contributed by atoms with Gasteiger partial charge < -0.3 is 14.2 Å². The highest BCUT2D eigenvalue weighted by atomic mass is 19.3. The van der Waals surface area contributed by atoms with Crippen LogP contribution in [0.15, 0.2) is 24.3 Å². The van der Waals surface area contributed by atoms with Crippen LogP contribution in [0.4, 0.5) is 8.78 Å². The van der Waals surface area contributed by atoms with Crippen LogP contribution in [0, 0.1) is 0 Å². The lowest BCUT2D eigenvalue weighted by atomic mass is 10.1. The first-order chi connectivity index (χ1) is 8.13. The monoisotopic (exact) mass is 246 g/mol. The number of rotatable bonds is 7. The van der Waals surface area contributed by atoms with Crippen molar-refractivity contribution >= 4 is 0 Å². The van der Waals surface area contributed by atoms with Gasteiger partial charge in [0.15, 0.2) is 0 Å². The fraction of sp³-hybridized carbons (Fsp3) is 0.500. The van der Waals surface area contributed by atoms with Crippen molar-refractivity contribution in [3.05, 3.63) is 29.8 Å². The third kappa shape index (κ3) is 5.10. The molecule has 0 amide bonds. The van der Waals surface area contributed by atoms with E-state index in [0.29, 0.717) is 13.2 Å². The molecule has 1 unspecified atom stereocenters. The summed E-state index contributed by atoms with van der Waals surface area (Å²) in [6, 6.07) is 6.49. The van der Waals surface area contributed by atoms with Gasteiger partial charge in [0.25, 0.3) is 0 Å². The summed E-state index contributed by atoms with van der Waals surface area (Å²) in [4.78, 5) is 0. The lowest BCUT2D eigenvalue weighted by Crippen LogP contribution is -2.07. The Morgan fingerprint density at radius 1 is 1.24 bits per heavy atom. The third-order valence-corrected chi connectivity index (χ3v) is 2.21. The standard InChI is InChI=1S/C12H16F2O3/c1-9(16-7-6-15-2)10-4-3-5-11(8-10)17-12(13)14/h3-5,8-9,12H,6-7H2,1-2H3. The first kappa shape index (κ1) is 13.9. The fourth-order valence-electron chi connectivity index (χ4n) is 1.35. The number of ether oxygens (including phenoxy) is 3. The molecule has 1 rings (SSSR count). The Morgan fingerprint density at radius 2 is 2.00 bits per heavy atom. The van der Waals surface area contributed by atoms with Crippen LogP contribution in [-0.2, 0) is 9.47 Å². The summed E-state index contributed by atoms with van der Waals surface area (Å²) in [6.45, 7) is -0.0123. The second kappa shape index (κ2) is 7.19. The molecule has 0 fully saturated rings. The number of methoxy groups -OCH3 is 1. The van der Waals surface area contributed by atoms with E-state index in [1.807, 2.05) is 6.92 Å². The van der Waals surface area contributed by atoms with Crippen molar-refractivity contribution < 1.29 is 23.0 Å². The minimum absolute atomic E-state index is 0.139. The average Bonchev–Trinajstić information content (AvgIpc) is 2.28. The van der Waals surface area contributed by atoms with Crippen LogP contribution >= 0.6 is 0 Å². The lowest BCUT2D eigenvalue weighted by Gasteiger charge is -2.14. The van der Waals surface area contributed by atoms with Gasteiger partial charge in [0.2, 0.25) is 0 Å². The predicted octanol–water partition coefficient (Wildman–Crippen LogP) is 3.01. The minimum atomic E-state index is -2.81. The van der Waals surface area contributed by atoms with E-state index >= 15 is 0 Å². The molecule has 1 aromatic carbocycles. The van der Waals surface area contributed by atoms with Gasteiger partial charge in [-0.3, -0.25) is 0 Å². The van der Waals surface area contributed by atoms with E-state index in [1.165, 1.54) is 6.07 Å². The van der Waals surface area contributed by atoms with Crippen molar-refractivity contribution in [1.29, 1.82) is 0 Å². The van der Waals surface area contributed by atoms with E-state index in [0.717, 1.165) is 5.56 Å². The molecule has 0 aliphatic heterocycles. The van der Waals surface area contributed by atoms with Crippen LogP contribution < -0.4 is 4.74 Å². The van der Waals surface area contributed by atoms with Gasteiger partial charge in [-0.2, -0.15) is 8.78 Å². The van der Waals surface area contributed by atoms with Gasteiger partial charge in [-0.1, -0.05) is 12.1 Å². The summed E-state index contributed by atoms with van der Waals surface area (Å²) in [7, 11) is 1.59. The Hall–Kier alpha value is -1.20. The molecule has 0 spiro atoms. The maximum Gasteiger partial charge on any atom is 0.387 e. The van der Waals surface area contributed by atoms with Crippen molar-refractivity contribution in [2.75, 3.05) is 20.3 Å². The number of halogens is 2. The van der Waals surface area contributed by atoms with Crippen LogP contribution in [-0.4, -0.2) is 26.9 Å². The van der Waals surface area contributed by atoms with Gasteiger partial charge in [0.05, 0.1) is 19.3 Å². The molecule has 0 saturated heterocycles. The average molecular weight is 246 g/mol. The third-order valence-electron chi connectivity index (χ3n) is 2.21. The summed E-state index contributed by atoms with van der Waals surface area (Å²) in [6.07, 6.45) is -0.189. The molecule has 5 heteroatoms. The highest BCUT2D eigenvalue weighted by Gasteiger charge is 2.09. The van der Waals surface area contributed by atoms with Gasteiger partial charge >= 0.3 is 6.61 Å². The zero-order chi connectivity index (χ0) is 12.7. The Labute approximate surface area is 99.3 Å². The van der Waals surface area contributed by atoms with Gasteiger partial charge in [-0.25, -0.2) is 0 Å². The summed E-state index contributed by atoms with van der Waals surface area (Å²) >= 11 is 0. The van der Waals surface area contributed by atoms with Crippen LogP contribution in [0.5, 0.6) is 5.75 Å². The normalized spacial score (nSPS) is 12.8. The highest BCUT2D eigenvalue weighted by molar-refractivity contribution is 5.29. The number of benzene rings is 1. The first-order valence-corrected chi connectivity index (χ1v) is 5.28. The molecule has 1 atom stereocenters. The van der Waals surface area contributed by atoms with Gasteiger partial charge in [-0.15, -0.1) is 0 Å². The van der Waals surface area contributed by atoms with Gasteiger partial charge in [0, 0.05) is 7.11 Å². The van der Waals surface area contributed by atoms with E-state index in [2.05, 4.69) is 4.74 Å². The predicted molar refractivity (Wildman–Crippen MR) is 59.3 cm³/mol. The zero-order valence-electron chi connectivity index (χ0n) is 9.86. The molecule has 0 bridgehead atoms. The highest BCUT2D eigenvalue weighted by Crippen LogP contribution is 2.22. The van der Waals surface area contributed by atoms with E-state index in [9.17, 15) is 8.78 Å². The number of hydrogen-bond acceptors (Lipinski definition) is 3. The van der Waals surface area contributed by atoms with E-state index in [4.69, 9.17) is 9.47 Å². The number of alkyl halides is 2. The van der Waals surface area contributed by atoms with Crippen LogP contribution in [0.2, 0.25) is 0 Å². The van der Waals surface area contributed by atoms with E-state index in [1.54, 1.807) is 25.3 Å². The quantitative estimate of drug-likeness (QED) is 0.692. The summed E-state index contributed by atoms with van der Waals surface area (Å²) < 4.78 is 38.7. The molecule has 17 heavy (non-hydrogen) atoms. The molecule has 0 radical (unpaired) electrons. The maximum atomic E-state index is 12.0. The molecule has 0 aliphatic carbocycles. The van der Waals surface area contributed by atoms with Crippen molar-refractivity contribution in [3.63, 3.8) is 0 Å². The topological polar surface area (TPSA) is 27.7 Å². The van der Waals surface area contributed by atoms with Crippen LogP contribution in [0.25, 0.3) is 0 Å². The Bertz CT molecular complexity index is 331. The molecule has 0 aromatic heterocycles. The van der Waals surface area contributed by atoms with Crippen LogP contribution in [0.3, 0.4) is 0 Å². The maximum absolute atomic E-state index is 12.0. The zero-order valence-corrected chi connectivity index (χ0v) is 9.86. The molecule has 0 N–H and O–H groups in total. The van der Waals surface area contributed by atoms with Crippen LogP contribution in [0.1, 0.15) is 18.6 Å². The van der Waals surface area contributed by atoms with E-state index in [-0.39, 0.29) is 11.9 Å². The van der Waals surface area contributed by atoms with Crippen molar-refractivity contribution in [3.8, 4) is 5.75 Å². The van der Waals surface area contributed by atoms with Gasteiger partial charge in [-0.05, 0) is 24.6 Å². The molecule has 0 saturated carbocycles. The largest absolute Gasteiger partial charge is 0.435 e. The molecular formula is C12H16F2O3. The second-order valence-corrected chi connectivity index (χ2v) is 3.46. The van der Waals surface area contributed by atoms with Crippen molar-refractivity contribution in [1.82, 2.24) is 0 Å². The molecular weight excluding hydrogens is 230 g/mol. The summed E-state index contributed by atoms with van der Waals surface area (Å²) in [5, 5.41) is 0. The molecule has 0 aliphatic rings. The van der Waals surface area contributed by atoms with Gasteiger partial charge in [0.1, 0.15) is 5.75 Å². The Kier molecular flexibility index (Phi) is 5.86. The first-order valence-electron chi connectivity index (χ1n) is 5.28. The Balaban J connectivity index is 2.57. The lowest BCUT2D eigenvalue weighted by molar-refractivity contribution is -0.0500. The molecule has 1 aromatic rings. The number of hydrogen-bond donors (Lipinski definition) is 0. The SMILES string of the molecule is COCCOC(C)c1cccc(OC(F)F)c1. The summed E-state index contributed by atoms with van der Waals surface area (Å²) in [5.74, 6) is 0.139.